The van der Waals surface area contributed by atoms with Crippen molar-refractivity contribution in [2.24, 2.45) is 0 Å². The topological polar surface area (TPSA) is 89.3 Å². The van der Waals surface area contributed by atoms with Gasteiger partial charge < -0.3 is 21.1 Å². The number of carbonyl (C=O) groups is 1. The molecule has 0 saturated heterocycles. The van der Waals surface area contributed by atoms with Gasteiger partial charge in [0.2, 0.25) is 0 Å². The van der Waals surface area contributed by atoms with E-state index < -0.39 is 0 Å². The lowest BCUT2D eigenvalue weighted by molar-refractivity contribution is 0.227. The quantitative estimate of drug-likeness (QED) is 0.537. The lowest BCUT2D eigenvalue weighted by Gasteiger charge is -2.17. The monoisotopic (exact) mass is 396 g/mol. The number of nitrogens with zero attached hydrogens (tertiary/aromatic N) is 1. The number of urea groups is 1. The van der Waals surface area contributed by atoms with Crippen LogP contribution in [-0.4, -0.2) is 11.0 Å². The minimum absolute atomic E-state index is 0.267. The van der Waals surface area contributed by atoms with Crippen molar-refractivity contribution in [2.45, 2.75) is 20.0 Å². The van der Waals surface area contributed by atoms with Crippen LogP contribution in [0.2, 0.25) is 5.02 Å². The maximum Gasteiger partial charge on any atom is 0.323 e. The van der Waals surface area contributed by atoms with E-state index in [2.05, 4.69) is 15.6 Å². The van der Waals surface area contributed by atoms with Crippen molar-refractivity contribution in [3.8, 4) is 5.75 Å². The van der Waals surface area contributed by atoms with E-state index in [0.29, 0.717) is 16.5 Å². The normalized spacial score (nSPS) is 11.5. The molecule has 0 aliphatic heterocycles. The fourth-order valence-electron chi connectivity index (χ4n) is 2.67. The van der Waals surface area contributed by atoms with Crippen LogP contribution in [0.1, 0.15) is 24.2 Å². The van der Waals surface area contributed by atoms with Gasteiger partial charge in [-0.15, -0.1) is 0 Å². The van der Waals surface area contributed by atoms with Gasteiger partial charge in [0.25, 0.3) is 0 Å². The molecule has 1 heterocycles. The Bertz CT molecular complexity index is 994. The molecule has 4 N–H and O–H groups in total. The predicted octanol–water partition coefficient (Wildman–Crippen LogP) is 5.41. The maximum absolute atomic E-state index is 12.3. The van der Waals surface area contributed by atoms with Gasteiger partial charge in [0, 0.05) is 23.6 Å². The largest absolute Gasteiger partial charge is 0.482 e. The first-order valence-corrected chi connectivity index (χ1v) is 9.11. The number of benzene rings is 2. The van der Waals surface area contributed by atoms with Gasteiger partial charge in [0.15, 0.2) is 11.6 Å². The molecule has 144 valence electrons. The lowest BCUT2D eigenvalue weighted by atomic mass is 10.1. The molecule has 6 nitrogen and oxygen atoms in total. The van der Waals surface area contributed by atoms with Gasteiger partial charge in [-0.2, -0.15) is 0 Å². The number of aryl methyl sites for hydroxylation is 1. The molecule has 2 aromatic carbocycles. The van der Waals surface area contributed by atoms with Crippen LogP contribution >= 0.6 is 11.6 Å². The molecule has 0 saturated carbocycles. The number of nitrogen functional groups attached to an aromatic ring is 1. The molecule has 3 aromatic rings. The number of amides is 2. The van der Waals surface area contributed by atoms with Gasteiger partial charge in [-0.25, -0.2) is 9.78 Å². The van der Waals surface area contributed by atoms with Gasteiger partial charge in [-0.05, 0) is 49.2 Å². The van der Waals surface area contributed by atoms with Gasteiger partial charge >= 0.3 is 6.03 Å². The molecule has 0 unspecified atom stereocenters. The number of halogens is 1. The van der Waals surface area contributed by atoms with Gasteiger partial charge in [-0.3, -0.25) is 0 Å². The second kappa shape index (κ2) is 8.63. The van der Waals surface area contributed by atoms with Crippen LogP contribution in [0, 0.1) is 6.92 Å². The second-order valence-corrected chi connectivity index (χ2v) is 6.81. The highest BCUT2D eigenvalue weighted by molar-refractivity contribution is 6.30. The Morgan fingerprint density at radius 2 is 1.79 bits per heavy atom. The molecule has 1 atom stereocenters. The van der Waals surface area contributed by atoms with Crippen molar-refractivity contribution in [2.75, 3.05) is 16.4 Å². The lowest BCUT2D eigenvalue weighted by Crippen LogP contribution is -2.19. The van der Waals surface area contributed by atoms with E-state index in [4.69, 9.17) is 22.1 Å². The van der Waals surface area contributed by atoms with Crippen LogP contribution in [0.5, 0.6) is 5.75 Å². The Morgan fingerprint density at radius 3 is 2.50 bits per heavy atom. The van der Waals surface area contributed by atoms with E-state index in [1.807, 2.05) is 56.3 Å². The zero-order valence-electron chi connectivity index (χ0n) is 15.6. The summed E-state index contributed by atoms with van der Waals surface area (Å²) in [7, 11) is 0. The molecular formula is C21H21ClN4O2. The van der Waals surface area contributed by atoms with Crippen LogP contribution in [0.15, 0.2) is 60.8 Å². The third-order valence-electron chi connectivity index (χ3n) is 4.04. The highest BCUT2D eigenvalue weighted by Crippen LogP contribution is 2.29. The summed E-state index contributed by atoms with van der Waals surface area (Å²) in [5.74, 6) is 0.679. The van der Waals surface area contributed by atoms with Gasteiger partial charge in [0.05, 0.1) is 5.02 Å². The summed E-state index contributed by atoms with van der Waals surface area (Å²) in [6, 6.07) is 16.3. The number of carbonyl (C=O) groups excluding carboxylic acids is 1. The van der Waals surface area contributed by atoms with E-state index in [0.717, 1.165) is 16.8 Å². The first-order chi connectivity index (χ1) is 13.4. The fraction of sp³-hybridized carbons (Fsp3) is 0.143. The molecular weight excluding hydrogens is 376 g/mol. The molecule has 0 bridgehead atoms. The van der Waals surface area contributed by atoms with E-state index in [-0.39, 0.29) is 18.0 Å². The van der Waals surface area contributed by atoms with Crippen LogP contribution in [0.25, 0.3) is 0 Å². The summed E-state index contributed by atoms with van der Waals surface area (Å²) >= 11 is 5.95. The predicted molar refractivity (Wildman–Crippen MR) is 113 cm³/mol. The van der Waals surface area contributed by atoms with Gasteiger partial charge in [-0.1, -0.05) is 35.9 Å². The molecule has 7 heteroatoms. The average molecular weight is 397 g/mol. The summed E-state index contributed by atoms with van der Waals surface area (Å²) in [5, 5.41) is 6.08. The summed E-state index contributed by atoms with van der Waals surface area (Å²) in [4.78, 5) is 16.2. The number of anilines is 3. The molecule has 2 amide bonds. The van der Waals surface area contributed by atoms with Crippen LogP contribution < -0.4 is 21.1 Å². The smallest absolute Gasteiger partial charge is 0.323 e. The standard InChI is InChI=1S/C21H21ClN4O2/c1-13-5-3-7-17(9-13)25-21(27)26-18-8-4-6-15(10-18)14(2)28-19-11-16(22)12-24-20(19)23/h3-12,14H,1-2H3,(H2,23,24)(H2,25,26,27)/t14-/m1/s1. The molecule has 0 spiro atoms. The van der Waals surface area contributed by atoms with Crippen molar-refractivity contribution >= 4 is 34.8 Å². The third-order valence-corrected chi connectivity index (χ3v) is 4.25. The summed E-state index contributed by atoms with van der Waals surface area (Å²) in [6.45, 7) is 3.85. The number of pyridine rings is 1. The SMILES string of the molecule is Cc1cccc(NC(=O)Nc2cccc([C@@H](C)Oc3cc(Cl)cnc3N)c2)c1. The number of nitrogens with two attached hydrogens (primary N) is 1. The number of aromatic nitrogens is 1. The number of hydrogen-bond acceptors (Lipinski definition) is 4. The molecule has 0 aliphatic rings. The zero-order chi connectivity index (χ0) is 20.1. The molecule has 28 heavy (non-hydrogen) atoms. The summed E-state index contributed by atoms with van der Waals surface area (Å²) < 4.78 is 5.88. The van der Waals surface area contributed by atoms with Gasteiger partial charge in [0.1, 0.15) is 6.10 Å². The third kappa shape index (κ3) is 5.14. The Kier molecular flexibility index (Phi) is 6.01. The van der Waals surface area contributed by atoms with E-state index in [1.54, 1.807) is 12.1 Å². The first kappa shape index (κ1) is 19.5. The fourth-order valence-corrected chi connectivity index (χ4v) is 2.82. The Hall–Kier alpha value is -3.25. The van der Waals surface area contributed by atoms with Crippen molar-refractivity contribution < 1.29 is 9.53 Å². The minimum Gasteiger partial charge on any atom is -0.482 e. The number of nitrogens with one attached hydrogen (secondary N) is 2. The highest BCUT2D eigenvalue weighted by Gasteiger charge is 2.12. The molecule has 0 aliphatic carbocycles. The van der Waals surface area contributed by atoms with Crippen LogP contribution in [0.3, 0.4) is 0 Å². The Labute approximate surface area is 168 Å². The van der Waals surface area contributed by atoms with E-state index in [9.17, 15) is 4.79 Å². The van der Waals surface area contributed by atoms with Crippen LogP contribution in [-0.2, 0) is 0 Å². The average Bonchev–Trinajstić information content (AvgIpc) is 2.65. The Morgan fingerprint density at radius 1 is 1.11 bits per heavy atom. The van der Waals surface area contributed by atoms with E-state index in [1.165, 1.54) is 6.20 Å². The van der Waals surface area contributed by atoms with Crippen molar-refractivity contribution in [3.63, 3.8) is 0 Å². The zero-order valence-corrected chi connectivity index (χ0v) is 16.3. The van der Waals surface area contributed by atoms with Crippen LogP contribution in [0.4, 0.5) is 22.0 Å². The highest BCUT2D eigenvalue weighted by atomic mass is 35.5. The molecule has 0 radical (unpaired) electrons. The summed E-state index contributed by atoms with van der Waals surface area (Å²) in [6.07, 6.45) is 1.15. The first-order valence-electron chi connectivity index (χ1n) is 8.73. The van der Waals surface area contributed by atoms with Crippen molar-refractivity contribution in [3.05, 3.63) is 76.9 Å². The van der Waals surface area contributed by atoms with Crippen molar-refractivity contribution in [1.82, 2.24) is 4.98 Å². The maximum atomic E-state index is 12.3. The Balaban J connectivity index is 1.67. The molecule has 1 aromatic heterocycles. The summed E-state index contributed by atoms with van der Waals surface area (Å²) in [5.41, 5.74) is 9.15. The molecule has 0 fully saturated rings. The number of hydrogen-bond donors (Lipinski definition) is 3. The molecule has 3 rings (SSSR count). The van der Waals surface area contributed by atoms with Crippen molar-refractivity contribution in [1.29, 1.82) is 0 Å². The second-order valence-electron chi connectivity index (χ2n) is 6.37. The van der Waals surface area contributed by atoms with E-state index >= 15 is 0 Å². The number of rotatable bonds is 5. The number of ether oxygens (including phenoxy) is 1. The minimum atomic E-state index is -0.320.